The van der Waals surface area contributed by atoms with Crippen molar-refractivity contribution in [2.24, 2.45) is 0 Å². The smallest absolute Gasteiger partial charge is 0.139 e. The minimum atomic E-state index is -0.338. The van der Waals surface area contributed by atoms with Gasteiger partial charge >= 0.3 is 0 Å². The van der Waals surface area contributed by atoms with E-state index >= 15 is 0 Å². The van der Waals surface area contributed by atoms with Gasteiger partial charge in [0.15, 0.2) is 0 Å². The maximum atomic E-state index is 13.9. The normalized spacial score (nSPS) is 12.7. The van der Waals surface area contributed by atoms with Gasteiger partial charge in [0, 0.05) is 10.0 Å². The van der Waals surface area contributed by atoms with Crippen LogP contribution in [0.1, 0.15) is 17.4 Å². The van der Waals surface area contributed by atoms with E-state index in [0.29, 0.717) is 15.8 Å². The molecule has 0 saturated heterocycles. The summed E-state index contributed by atoms with van der Waals surface area (Å²) >= 11 is 6.74. The van der Waals surface area contributed by atoms with Crippen LogP contribution in [0, 0.1) is 5.82 Å². The molecule has 0 aliphatic rings. The summed E-state index contributed by atoms with van der Waals surface area (Å²) in [4.78, 5) is 0. The van der Waals surface area contributed by atoms with Gasteiger partial charge in [0.05, 0.1) is 16.8 Å². The van der Waals surface area contributed by atoms with Crippen LogP contribution in [-0.4, -0.2) is 7.05 Å². The van der Waals surface area contributed by atoms with Gasteiger partial charge < -0.3 is 9.73 Å². The minimum Gasteiger partial charge on any atom is -0.466 e. The molecule has 0 aliphatic carbocycles. The lowest BCUT2D eigenvalue weighted by atomic mass is 10.0. The van der Waals surface area contributed by atoms with Crippen molar-refractivity contribution in [3.05, 3.63) is 56.6 Å². The monoisotopic (exact) mass is 361 g/mol. The molecule has 0 spiro atoms. The molecule has 2 aromatic rings. The lowest BCUT2D eigenvalue weighted by molar-refractivity contribution is 0.449. The van der Waals surface area contributed by atoms with Crippen molar-refractivity contribution in [3.63, 3.8) is 0 Å². The molecule has 1 aromatic carbocycles. The number of hydrogen-bond acceptors (Lipinski definition) is 2. The van der Waals surface area contributed by atoms with E-state index in [2.05, 4.69) is 37.2 Å². The third kappa shape index (κ3) is 2.46. The quantitative estimate of drug-likeness (QED) is 0.882. The van der Waals surface area contributed by atoms with Crippen LogP contribution >= 0.6 is 31.9 Å². The van der Waals surface area contributed by atoms with E-state index in [9.17, 15) is 4.39 Å². The van der Waals surface area contributed by atoms with Crippen LogP contribution in [0.3, 0.4) is 0 Å². The zero-order valence-electron chi connectivity index (χ0n) is 9.01. The average molecular weight is 363 g/mol. The van der Waals surface area contributed by atoms with E-state index in [1.165, 1.54) is 6.07 Å². The van der Waals surface area contributed by atoms with Crippen LogP contribution in [-0.2, 0) is 0 Å². The highest BCUT2D eigenvalue weighted by Gasteiger charge is 2.23. The summed E-state index contributed by atoms with van der Waals surface area (Å²) in [5, 5.41) is 3.05. The molecule has 1 N–H and O–H groups in total. The Balaban J connectivity index is 2.53. The first-order chi connectivity index (χ1) is 8.15. The Morgan fingerprint density at radius 1 is 1.24 bits per heavy atom. The molecule has 0 fully saturated rings. The van der Waals surface area contributed by atoms with Gasteiger partial charge in [0.25, 0.3) is 0 Å². The van der Waals surface area contributed by atoms with Gasteiger partial charge in [0.1, 0.15) is 11.6 Å². The molecule has 0 radical (unpaired) electrons. The van der Waals surface area contributed by atoms with Crippen molar-refractivity contribution < 1.29 is 8.81 Å². The Bertz CT molecular complexity index is 507. The van der Waals surface area contributed by atoms with Crippen molar-refractivity contribution in [2.75, 3.05) is 7.05 Å². The molecular formula is C12H10Br2FNO. The van der Waals surface area contributed by atoms with Crippen LogP contribution < -0.4 is 5.32 Å². The molecule has 1 atom stereocenters. The predicted molar refractivity (Wildman–Crippen MR) is 71.4 cm³/mol. The second kappa shape index (κ2) is 5.33. The third-order valence-electron chi connectivity index (χ3n) is 2.48. The first-order valence-electron chi connectivity index (χ1n) is 4.99. The van der Waals surface area contributed by atoms with Gasteiger partial charge in [-0.3, -0.25) is 0 Å². The maximum absolute atomic E-state index is 13.9. The van der Waals surface area contributed by atoms with Crippen LogP contribution in [0.25, 0.3) is 0 Å². The molecule has 0 saturated carbocycles. The van der Waals surface area contributed by atoms with Crippen molar-refractivity contribution in [2.45, 2.75) is 6.04 Å². The first kappa shape index (κ1) is 12.8. The van der Waals surface area contributed by atoms with Crippen molar-refractivity contribution in [1.29, 1.82) is 0 Å². The SMILES string of the molecule is CNC(c1occc1Br)c1c(F)cccc1Br. The fraction of sp³-hybridized carbons (Fsp3) is 0.167. The van der Waals surface area contributed by atoms with Gasteiger partial charge in [-0.15, -0.1) is 0 Å². The molecule has 1 aromatic heterocycles. The second-order valence-corrected chi connectivity index (χ2v) is 5.20. The highest BCUT2D eigenvalue weighted by atomic mass is 79.9. The molecule has 2 nitrogen and oxygen atoms in total. The predicted octanol–water partition coefficient (Wildman–Crippen LogP) is 4.25. The molecule has 1 unspecified atom stereocenters. The molecule has 90 valence electrons. The molecule has 2 rings (SSSR count). The van der Waals surface area contributed by atoms with Crippen molar-refractivity contribution in [3.8, 4) is 0 Å². The minimum absolute atomic E-state index is 0.276. The highest BCUT2D eigenvalue weighted by Crippen LogP contribution is 2.34. The van der Waals surface area contributed by atoms with Gasteiger partial charge in [-0.25, -0.2) is 4.39 Å². The summed E-state index contributed by atoms with van der Waals surface area (Å²) in [5.41, 5.74) is 0.533. The summed E-state index contributed by atoms with van der Waals surface area (Å²) in [6, 6.07) is 6.34. The molecule has 0 amide bonds. The fourth-order valence-corrected chi connectivity index (χ4v) is 2.71. The van der Waals surface area contributed by atoms with E-state index in [1.807, 2.05) is 0 Å². The third-order valence-corrected chi connectivity index (χ3v) is 3.83. The van der Waals surface area contributed by atoms with E-state index in [0.717, 1.165) is 4.47 Å². The van der Waals surface area contributed by atoms with E-state index in [1.54, 1.807) is 31.5 Å². The van der Waals surface area contributed by atoms with Crippen molar-refractivity contribution >= 4 is 31.9 Å². The van der Waals surface area contributed by atoms with Gasteiger partial charge in [-0.2, -0.15) is 0 Å². The molecule has 1 heterocycles. The first-order valence-corrected chi connectivity index (χ1v) is 6.57. The average Bonchev–Trinajstić information content (AvgIpc) is 2.70. The van der Waals surface area contributed by atoms with E-state index < -0.39 is 0 Å². The standard InChI is InChI=1S/C12H10Br2FNO/c1-16-11(12-8(14)5-6-17-12)10-7(13)3-2-4-9(10)15/h2-6,11,16H,1H3. The number of halogens is 3. The fourth-order valence-electron chi connectivity index (χ4n) is 1.70. The van der Waals surface area contributed by atoms with Gasteiger partial charge in [0.2, 0.25) is 0 Å². The summed E-state index contributed by atoms with van der Waals surface area (Å²) in [6.45, 7) is 0. The highest BCUT2D eigenvalue weighted by molar-refractivity contribution is 9.10. The number of furan rings is 1. The maximum Gasteiger partial charge on any atom is 0.139 e. The Labute approximate surface area is 115 Å². The Kier molecular flexibility index (Phi) is 4.01. The summed E-state index contributed by atoms with van der Waals surface area (Å²) in [6.07, 6.45) is 1.57. The molecule has 5 heteroatoms. The molecule has 17 heavy (non-hydrogen) atoms. The molecule has 0 bridgehead atoms. The number of rotatable bonds is 3. The van der Waals surface area contributed by atoms with Crippen LogP contribution in [0.4, 0.5) is 4.39 Å². The number of nitrogens with one attached hydrogen (secondary N) is 1. The number of benzene rings is 1. The largest absolute Gasteiger partial charge is 0.466 e. The van der Waals surface area contributed by atoms with Gasteiger partial charge in [-0.1, -0.05) is 22.0 Å². The number of hydrogen-bond donors (Lipinski definition) is 1. The van der Waals surface area contributed by atoms with Crippen molar-refractivity contribution in [1.82, 2.24) is 5.32 Å². The van der Waals surface area contributed by atoms with Gasteiger partial charge in [-0.05, 0) is 41.2 Å². The second-order valence-electron chi connectivity index (χ2n) is 3.49. The Morgan fingerprint density at radius 2 is 2.00 bits per heavy atom. The lowest BCUT2D eigenvalue weighted by Gasteiger charge is -2.17. The zero-order chi connectivity index (χ0) is 12.4. The lowest BCUT2D eigenvalue weighted by Crippen LogP contribution is -2.19. The van der Waals surface area contributed by atoms with E-state index in [-0.39, 0.29) is 11.9 Å². The van der Waals surface area contributed by atoms with Crippen LogP contribution in [0.15, 0.2) is 43.9 Å². The van der Waals surface area contributed by atoms with Crippen LogP contribution in [0.2, 0.25) is 0 Å². The van der Waals surface area contributed by atoms with Crippen LogP contribution in [0.5, 0.6) is 0 Å². The molecule has 0 aliphatic heterocycles. The summed E-state index contributed by atoms with van der Waals surface area (Å²) in [7, 11) is 1.76. The Hall–Kier alpha value is -0.650. The Morgan fingerprint density at radius 3 is 2.53 bits per heavy atom. The molecular weight excluding hydrogens is 353 g/mol. The topological polar surface area (TPSA) is 25.2 Å². The summed E-state index contributed by atoms with van der Waals surface area (Å²) in [5.74, 6) is 0.375. The summed E-state index contributed by atoms with van der Waals surface area (Å²) < 4.78 is 20.8. The van der Waals surface area contributed by atoms with E-state index in [4.69, 9.17) is 4.42 Å². The zero-order valence-corrected chi connectivity index (χ0v) is 12.2.